The molecule has 1 aromatic carbocycles. The van der Waals surface area contributed by atoms with Crippen molar-refractivity contribution >= 4 is 18.3 Å². The Morgan fingerprint density at radius 2 is 1.88 bits per heavy atom. The maximum absolute atomic E-state index is 12.7. The molecule has 3 unspecified atom stereocenters. The van der Waals surface area contributed by atoms with E-state index in [1.165, 1.54) is 24.8 Å². The number of nitrogens with one attached hydrogen (secondary N) is 1. The van der Waals surface area contributed by atoms with Gasteiger partial charge in [-0.25, -0.2) is 0 Å². The van der Waals surface area contributed by atoms with Gasteiger partial charge in [0.1, 0.15) is 12.4 Å². The molecule has 1 amide bonds. The number of carbonyl (C=O) groups is 1. The minimum absolute atomic E-state index is 0. The van der Waals surface area contributed by atoms with Gasteiger partial charge in [-0.15, -0.1) is 12.4 Å². The zero-order chi connectivity index (χ0) is 15.8. The molecule has 2 saturated carbocycles. The van der Waals surface area contributed by atoms with E-state index < -0.39 is 0 Å². The third-order valence-electron chi connectivity index (χ3n) is 6.01. The van der Waals surface area contributed by atoms with E-state index in [9.17, 15) is 4.79 Å². The summed E-state index contributed by atoms with van der Waals surface area (Å²) in [5.41, 5.74) is 7.52. The van der Waals surface area contributed by atoms with Crippen molar-refractivity contribution in [2.24, 2.45) is 23.5 Å². The number of ether oxygens (including phenoxy) is 1. The number of benzene rings is 1. The third-order valence-corrected chi connectivity index (χ3v) is 6.01. The van der Waals surface area contributed by atoms with E-state index >= 15 is 0 Å². The lowest BCUT2D eigenvalue weighted by Crippen LogP contribution is -2.51. The van der Waals surface area contributed by atoms with E-state index in [2.05, 4.69) is 11.4 Å². The number of fused-ring (bicyclic) bond motifs is 3. The number of nitrogens with two attached hydrogens (primary N) is 1. The van der Waals surface area contributed by atoms with Crippen molar-refractivity contribution < 1.29 is 9.53 Å². The zero-order valence-electron chi connectivity index (χ0n) is 13.9. The molecule has 1 heterocycles. The van der Waals surface area contributed by atoms with Gasteiger partial charge in [0.25, 0.3) is 0 Å². The number of halogens is 1. The molecular weight excluding hydrogens is 324 g/mol. The Bertz CT molecular complexity index is 580. The van der Waals surface area contributed by atoms with Crippen molar-refractivity contribution in [3.8, 4) is 5.75 Å². The maximum atomic E-state index is 12.7. The van der Waals surface area contributed by atoms with Gasteiger partial charge >= 0.3 is 0 Å². The first kappa shape index (κ1) is 17.6. The van der Waals surface area contributed by atoms with E-state index in [4.69, 9.17) is 10.5 Å². The average Bonchev–Trinajstić information content (AvgIpc) is 2.54. The highest BCUT2D eigenvalue weighted by Gasteiger charge is 2.40. The number of hydrogen-bond acceptors (Lipinski definition) is 3. The monoisotopic (exact) mass is 350 g/mol. The predicted molar refractivity (Wildman–Crippen MR) is 96.4 cm³/mol. The fraction of sp³-hybridized carbons (Fsp3) is 0.632. The highest BCUT2D eigenvalue weighted by atomic mass is 35.5. The van der Waals surface area contributed by atoms with Crippen LogP contribution in [-0.2, 0) is 11.2 Å². The highest BCUT2D eigenvalue weighted by molar-refractivity contribution is 5.85. The first-order valence-corrected chi connectivity index (χ1v) is 8.97. The van der Waals surface area contributed by atoms with E-state index in [0.29, 0.717) is 24.5 Å². The second kappa shape index (κ2) is 7.32. The smallest absolute Gasteiger partial charge is 0.223 e. The minimum Gasteiger partial charge on any atom is -0.491 e. The largest absolute Gasteiger partial charge is 0.491 e. The minimum atomic E-state index is 0. The van der Waals surface area contributed by atoms with Gasteiger partial charge in [0.2, 0.25) is 5.91 Å². The Balaban J connectivity index is 0.00000169. The normalized spacial score (nSPS) is 34.3. The maximum Gasteiger partial charge on any atom is 0.223 e. The molecule has 3 N–H and O–H groups in total. The fourth-order valence-electron chi connectivity index (χ4n) is 4.74. The SMILES string of the molecule is Cl.NC1C2CCCC1CC(C(=O)NC1COc3ccccc3C1)C2. The fourth-order valence-corrected chi connectivity index (χ4v) is 4.74. The molecule has 4 nitrogen and oxygen atoms in total. The van der Waals surface area contributed by atoms with Crippen LogP contribution in [0.3, 0.4) is 0 Å². The Labute approximate surface area is 149 Å². The molecule has 1 aliphatic heterocycles. The topological polar surface area (TPSA) is 64.4 Å². The Kier molecular flexibility index (Phi) is 5.36. The van der Waals surface area contributed by atoms with Crippen LogP contribution in [-0.4, -0.2) is 24.6 Å². The Hall–Kier alpha value is -1.26. The molecule has 4 rings (SSSR count). The summed E-state index contributed by atoms with van der Waals surface area (Å²) in [6, 6.07) is 8.50. The number of amides is 1. The second-order valence-corrected chi connectivity index (χ2v) is 7.53. The molecule has 0 radical (unpaired) electrons. The molecule has 2 aliphatic carbocycles. The first-order chi connectivity index (χ1) is 11.2. The lowest BCUT2D eigenvalue weighted by molar-refractivity contribution is -0.129. The van der Waals surface area contributed by atoms with Crippen molar-refractivity contribution in [1.29, 1.82) is 0 Å². The summed E-state index contributed by atoms with van der Waals surface area (Å²) in [6.07, 6.45) is 6.47. The van der Waals surface area contributed by atoms with Gasteiger partial charge in [-0.05, 0) is 55.6 Å². The Morgan fingerprint density at radius 3 is 2.62 bits per heavy atom. The third kappa shape index (κ3) is 3.40. The molecule has 2 bridgehead atoms. The van der Waals surface area contributed by atoms with Gasteiger partial charge in [0.05, 0.1) is 6.04 Å². The summed E-state index contributed by atoms with van der Waals surface area (Å²) < 4.78 is 5.78. The van der Waals surface area contributed by atoms with Crippen LogP contribution in [0, 0.1) is 17.8 Å². The molecule has 5 heteroatoms. The van der Waals surface area contributed by atoms with Gasteiger partial charge in [-0.1, -0.05) is 24.6 Å². The van der Waals surface area contributed by atoms with Gasteiger partial charge in [-0.3, -0.25) is 4.79 Å². The predicted octanol–water partition coefficient (Wildman–Crippen LogP) is 2.68. The lowest BCUT2D eigenvalue weighted by atomic mass is 9.65. The quantitative estimate of drug-likeness (QED) is 0.861. The van der Waals surface area contributed by atoms with Crippen molar-refractivity contribution in [3.05, 3.63) is 29.8 Å². The molecule has 24 heavy (non-hydrogen) atoms. The van der Waals surface area contributed by atoms with E-state index in [1.54, 1.807) is 0 Å². The first-order valence-electron chi connectivity index (χ1n) is 8.97. The molecule has 0 saturated heterocycles. The Morgan fingerprint density at radius 1 is 1.17 bits per heavy atom. The van der Waals surface area contributed by atoms with E-state index in [0.717, 1.165) is 25.0 Å². The van der Waals surface area contributed by atoms with Crippen molar-refractivity contribution in [2.75, 3.05) is 6.61 Å². The van der Waals surface area contributed by atoms with Crippen LogP contribution >= 0.6 is 12.4 Å². The highest BCUT2D eigenvalue weighted by Crippen LogP contribution is 2.42. The van der Waals surface area contributed by atoms with Crippen LogP contribution in [0.15, 0.2) is 24.3 Å². The zero-order valence-corrected chi connectivity index (χ0v) is 14.8. The van der Waals surface area contributed by atoms with Crippen LogP contribution in [0.25, 0.3) is 0 Å². The molecule has 0 spiro atoms. The van der Waals surface area contributed by atoms with Crippen LogP contribution in [0.4, 0.5) is 0 Å². The summed E-state index contributed by atoms with van der Waals surface area (Å²) in [4.78, 5) is 12.7. The van der Waals surface area contributed by atoms with Crippen molar-refractivity contribution in [3.63, 3.8) is 0 Å². The summed E-state index contributed by atoms with van der Waals surface area (Å²) in [6.45, 7) is 0.571. The summed E-state index contributed by atoms with van der Waals surface area (Å²) in [5, 5.41) is 3.23. The standard InChI is InChI=1S/C19H26N2O2.ClH/c20-18-13-5-3-6-14(18)9-15(8-13)19(22)21-16-10-12-4-1-2-7-17(12)23-11-16;/h1-2,4,7,13-16,18H,3,5-6,8-11,20H2,(H,21,22);1H. The van der Waals surface area contributed by atoms with Crippen molar-refractivity contribution in [1.82, 2.24) is 5.32 Å². The molecule has 1 aromatic rings. The second-order valence-electron chi connectivity index (χ2n) is 7.53. The molecule has 132 valence electrons. The van der Waals surface area contributed by atoms with Crippen LogP contribution in [0.5, 0.6) is 5.75 Å². The summed E-state index contributed by atoms with van der Waals surface area (Å²) in [7, 11) is 0. The molecule has 3 aliphatic rings. The van der Waals surface area contributed by atoms with Gasteiger partial charge in [-0.2, -0.15) is 0 Å². The van der Waals surface area contributed by atoms with E-state index in [-0.39, 0.29) is 30.3 Å². The van der Waals surface area contributed by atoms with E-state index in [1.807, 2.05) is 18.2 Å². The van der Waals surface area contributed by atoms with Gasteiger partial charge < -0.3 is 15.8 Å². The number of rotatable bonds is 2. The van der Waals surface area contributed by atoms with Crippen LogP contribution < -0.4 is 15.8 Å². The van der Waals surface area contributed by atoms with Crippen LogP contribution in [0.1, 0.15) is 37.7 Å². The molecular formula is C19H27ClN2O2. The molecule has 2 fully saturated rings. The lowest BCUT2D eigenvalue weighted by Gasteiger charge is -2.43. The van der Waals surface area contributed by atoms with Crippen LogP contribution in [0.2, 0.25) is 0 Å². The summed E-state index contributed by atoms with van der Waals surface area (Å²) in [5.74, 6) is 2.39. The van der Waals surface area contributed by atoms with Gasteiger partial charge in [0, 0.05) is 12.0 Å². The van der Waals surface area contributed by atoms with Crippen molar-refractivity contribution in [2.45, 2.75) is 50.6 Å². The van der Waals surface area contributed by atoms with Gasteiger partial charge in [0.15, 0.2) is 0 Å². The molecule has 0 aromatic heterocycles. The number of carbonyl (C=O) groups excluding carboxylic acids is 1. The average molecular weight is 351 g/mol. The number of hydrogen-bond donors (Lipinski definition) is 2. The molecule has 3 atom stereocenters. The summed E-state index contributed by atoms with van der Waals surface area (Å²) >= 11 is 0. The number of para-hydroxylation sites is 1.